The van der Waals surface area contributed by atoms with Crippen molar-refractivity contribution in [3.8, 4) is 11.4 Å². The summed E-state index contributed by atoms with van der Waals surface area (Å²) in [6, 6.07) is 12.7. The van der Waals surface area contributed by atoms with Gasteiger partial charge in [-0.15, -0.1) is 0 Å². The zero-order chi connectivity index (χ0) is 14.3. The number of fused-ring (bicyclic) bond motifs is 1. The molecule has 100 valence electrons. The van der Waals surface area contributed by atoms with Crippen LogP contribution in [0, 0.1) is 6.92 Å². The van der Waals surface area contributed by atoms with Gasteiger partial charge in [0.15, 0.2) is 5.69 Å². The molecular formula is C15H11ClN2O2. The van der Waals surface area contributed by atoms with Crippen LogP contribution in [-0.4, -0.2) is 20.5 Å². The number of aryl methyl sites for hydroxylation is 1. The predicted molar refractivity (Wildman–Crippen MR) is 77.3 cm³/mol. The number of pyridine rings is 1. The number of carbonyl (C=O) groups is 1. The van der Waals surface area contributed by atoms with Crippen molar-refractivity contribution in [2.75, 3.05) is 0 Å². The molecule has 1 N–H and O–H groups in total. The van der Waals surface area contributed by atoms with Gasteiger partial charge in [-0.1, -0.05) is 29.8 Å². The SMILES string of the molecule is Cc1cccc2c(C(=O)O)nc(-c3cccc(Cl)c3)n12. The van der Waals surface area contributed by atoms with E-state index in [2.05, 4.69) is 4.98 Å². The highest BCUT2D eigenvalue weighted by molar-refractivity contribution is 6.30. The largest absolute Gasteiger partial charge is 0.476 e. The molecular weight excluding hydrogens is 276 g/mol. The number of carboxylic acids is 1. The number of rotatable bonds is 2. The summed E-state index contributed by atoms with van der Waals surface area (Å²) in [4.78, 5) is 15.6. The molecule has 5 heteroatoms. The van der Waals surface area contributed by atoms with E-state index in [0.29, 0.717) is 16.4 Å². The molecule has 0 saturated carbocycles. The average Bonchev–Trinajstić information content (AvgIpc) is 2.80. The molecule has 0 amide bonds. The molecule has 4 nitrogen and oxygen atoms in total. The highest BCUT2D eigenvalue weighted by Crippen LogP contribution is 2.26. The van der Waals surface area contributed by atoms with E-state index in [1.165, 1.54) is 0 Å². The molecule has 3 aromatic rings. The number of carboxylic acid groups (broad SMARTS) is 1. The van der Waals surface area contributed by atoms with Crippen LogP contribution >= 0.6 is 11.6 Å². The summed E-state index contributed by atoms with van der Waals surface area (Å²) in [5.74, 6) is -0.459. The molecule has 0 aliphatic rings. The third kappa shape index (κ3) is 1.94. The van der Waals surface area contributed by atoms with Crippen molar-refractivity contribution in [3.63, 3.8) is 0 Å². The van der Waals surface area contributed by atoms with Crippen molar-refractivity contribution in [2.24, 2.45) is 0 Å². The van der Waals surface area contributed by atoms with E-state index in [1.54, 1.807) is 18.2 Å². The first-order valence-electron chi connectivity index (χ1n) is 6.05. The van der Waals surface area contributed by atoms with Crippen molar-refractivity contribution in [1.29, 1.82) is 0 Å². The van der Waals surface area contributed by atoms with Crippen LogP contribution in [0.3, 0.4) is 0 Å². The number of aromatic carboxylic acids is 1. The van der Waals surface area contributed by atoms with E-state index < -0.39 is 5.97 Å². The molecule has 2 aromatic heterocycles. The van der Waals surface area contributed by atoms with Crippen LogP contribution in [0.1, 0.15) is 16.2 Å². The fourth-order valence-electron chi connectivity index (χ4n) is 2.28. The van der Waals surface area contributed by atoms with Gasteiger partial charge in [-0.05, 0) is 31.2 Å². The fourth-order valence-corrected chi connectivity index (χ4v) is 2.47. The third-order valence-corrected chi connectivity index (χ3v) is 3.38. The Morgan fingerprint density at radius 1 is 1.25 bits per heavy atom. The summed E-state index contributed by atoms with van der Waals surface area (Å²) < 4.78 is 1.83. The van der Waals surface area contributed by atoms with Gasteiger partial charge < -0.3 is 5.11 Å². The fraction of sp³-hybridized carbons (Fsp3) is 0.0667. The molecule has 20 heavy (non-hydrogen) atoms. The van der Waals surface area contributed by atoms with Crippen molar-refractivity contribution >= 4 is 23.1 Å². The second-order valence-corrected chi connectivity index (χ2v) is 4.92. The van der Waals surface area contributed by atoms with E-state index in [9.17, 15) is 9.90 Å². The Kier molecular flexibility index (Phi) is 2.95. The van der Waals surface area contributed by atoms with E-state index in [0.717, 1.165) is 11.3 Å². The van der Waals surface area contributed by atoms with Crippen molar-refractivity contribution in [2.45, 2.75) is 6.92 Å². The van der Waals surface area contributed by atoms with Gasteiger partial charge in [0.25, 0.3) is 0 Å². The second-order valence-electron chi connectivity index (χ2n) is 4.49. The number of nitrogens with zero attached hydrogens (tertiary/aromatic N) is 2. The molecule has 0 aliphatic heterocycles. The Hall–Kier alpha value is -2.33. The normalized spacial score (nSPS) is 10.9. The number of hydrogen-bond donors (Lipinski definition) is 1. The minimum atomic E-state index is -1.04. The van der Waals surface area contributed by atoms with Crippen molar-refractivity contribution < 1.29 is 9.90 Å². The van der Waals surface area contributed by atoms with Crippen LogP contribution < -0.4 is 0 Å². The first-order chi connectivity index (χ1) is 9.58. The maximum absolute atomic E-state index is 11.3. The van der Waals surface area contributed by atoms with Crippen LogP contribution in [0.25, 0.3) is 16.9 Å². The van der Waals surface area contributed by atoms with Gasteiger partial charge in [-0.3, -0.25) is 4.40 Å². The summed E-state index contributed by atoms with van der Waals surface area (Å²) in [6.45, 7) is 1.91. The van der Waals surface area contributed by atoms with E-state index in [-0.39, 0.29) is 5.69 Å². The minimum Gasteiger partial charge on any atom is -0.476 e. The highest BCUT2D eigenvalue weighted by atomic mass is 35.5. The van der Waals surface area contributed by atoms with Gasteiger partial charge in [0.05, 0.1) is 5.52 Å². The Bertz CT molecular complexity index is 824. The highest BCUT2D eigenvalue weighted by Gasteiger charge is 2.18. The van der Waals surface area contributed by atoms with E-state index in [1.807, 2.05) is 35.6 Å². The maximum atomic E-state index is 11.3. The van der Waals surface area contributed by atoms with Crippen molar-refractivity contribution in [3.05, 3.63) is 58.9 Å². The van der Waals surface area contributed by atoms with Gasteiger partial charge in [0.1, 0.15) is 5.82 Å². The van der Waals surface area contributed by atoms with Gasteiger partial charge >= 0.3 is 5.97 Å². The van der Waals surface area contributed by atoms with Gasteiger partial charge in [-0.2, -0.15) is 0 Å². The Morgan fingerprint density at radius 3 is 2.70 bits per heavy atom. The lowest BCUT2D eigenvalue weighted by Crippen LogP contribution is -1.97. The third-order valence-electron chi connectivity index (χ3n) is 3.14. The molecule has 0 unspecified atom stereocenters. The molecule has 0 aliphatic carbocycles. The number of hydrogen-bond acceptors (Lipinski definition) is 2. The molecule has 0 saturated heterocycles. The first kappa shape index (κ1) is 12.7. The summed E-state index contributed by atoms with van der Waals surface area (Å²) in [5.41, 5.74) is 2.32. The zero-order valence-electron chi connectivity index (χ0n) is 10.7. The quantitative estimate of drug-likeness (QED) is 0.782. The molecule has 0 spiro atoms. The Labute approximate surface area is 120 Å². The Morgan fingerprint density at radius 2 is 2.00 bits per heavy atom. The van der Waals surface area contributed by atoms with Crippen LogP contribution in [0.15, 0.2) is 42.5 Å². The van der Waals surface area contributed by atoms with E-state index >= 15 is 0 Å². The molecule has 2 heterocycles. The first-order valence-corrected chi connectivity index (χ1v) is 6.43. The summed E-state index contributed by atoms with van der Waals surface area (Å²) in [7, 11) is 0. The molecule has 3 rings (SSSR count). The number of halogens is 1. The van der Waals surface area contributed by atoms with Crippen LogP contribution in [0.2, 0.25) is 5.02 Å². The number of aromatic nitrogens is 2. The van der Waals surface area contributed by atoms with Crippen LogP contribution in [-0.2, 0) is 0 Å². The molecule has 1 aromatic carbocycles. The lowest BCUT2D eigenvalue weighted by molar-refractivity contribution is 0.0693. The van der Waals surface area contributed by atoms with Crippen molar-refractivity contribution in [1.82, 2.24) is 9.38 Å². The smallest absolute Gasteiger partial charge is 0.356 e. The van der Waals surface area contributed by atoms with Crippen LogP contribution in [0.5, 0.6) is 0 Å². The van der Waals surface area contributed by atoms with E-state index in [4.69, 9.17) is 11.6 Å². The zero-order valence-corrected chi connectivity index (χ0v) is 11.4. The number of imidazole rings is 1. The Balaban J connectivity index is 2.39. The average molecular weight is 287 g/mol. The monoisotopic (exact) mass is 286 g/mol. The van der Waals surface area contributed by atoms with Crippen LogP contribution in [0.4, 0.5) is 0 Å². The predicted octanol–water partition coefficient (Wildman–Crippen LogP) is 3.66. The maximum Gasteiger partial charge on any atom is 0.356 e. The lowest BCUT2D eigenvalue weighted by atomic mass is 10.2. The number of benzene rings is 1. The summed E-state index contributed by atoms with van der Waals surface area (Å²) in [6.07, 6.45) is 0. The molecule has 0 atom stereocenters. The lowest BCUT2D eigenvalue weighted by Gasteiger charge is -2.05. The molecule has 0 fully saturated rings. The molecule has 0 radical (unpaired) electrons. The summed E-state index contributed by atoms with van der Waals surface area (Å²) >= 11 is 6.00. The van der Waals surface area contributed by atoms with Gasteiger partial charge in [-0.25, -0.2) is 9.78 Å². The minimum absolute atomic E-state index is 0.0451. The molecule has 0 bridgehead atoms. The second kappa shape index (κ2) is 4.65. The standard InChI is InChI=1S/C15H11ClN2O2/c1-9-4-2-7-12-13(15(19)20)17-14(18(9)12)10-5-3-6-11(16)8-10/h2-8H,1H3,(H,19,20). The van der Waals surface area contributed by atoms with Gasteiger partial charge in [0.2, 0.25) is 0 Å². The van der Waals surface area contributed by atoms with Gasteiger partial charge in [0, 0.05) is 16.3 Å². The summed E-state index contributed by atoms with van der Waals surface area (Å²) in [5, 5.41) is 9.87. The topological polar surface area (TPSA) is 54.6 Å².